The lowest BCUT2D eigenvalue weighted by Gasteiger charge is -2.23. The predicted molar refractivity (Wildman–Crippen MR) is 71.9 cm³/mol. The SMILES string of the molecule is Cc1cccc(C)c1CC(=O)CC1COCCN1. The Hall–Kier alpha value is -1.19. The van der Waals surface area contributed by atoms with Crippen molar-refractivity contribution in [2.75, 3.05) is 19.8 Å². The van der Waals surface area contributed by atoms with Gasteiger partial charge in [0.05, 0.1) is 13.2 Å². The first-order valence-corrected chi connectivity index (χ1v) is 6.54. The van der Waals surface area contributed by atoms with Crippen LogP contribution < -0.4 is 5.32 Å². The van der Waals surface area contributed by atoms with Gasteiger partial charge in [0.2, 0.25) is 0 Å². The van der Waals surface area contributed by atoms with E-state index in [1.807, 2.05) is 6.07 Å². The molecule has 3 heteroatoms. The van der Waals surface area contributed by atoms with E-state index in [4.69, 9.17) is 4.74 Å². The number of hydrogen-bond donors (Lipinski definition) is 1. The summed E-state index contributed by atoms with van der Waals surface area (Å²) in [6, 6.07) is 6.36. The molecule has 0 aromatic heterocycles. The van der Waals surface area contributed by atoms with E-state index in [0.29, 0.717) is 19.4 Å². The van der Waals surface area contributed by atoms with E-state index < -0.39 is 0 Å². The number of morpholine rings is 1. The number of hydrogen-bond acceptors (Lipinski definition) is 3. The predicted octanol–water partition coefficient (Wildman–Crippen LogP) is 1.79. The van der Waals surface area contributed by atoms with Crippen molar-refractivity contribution in [2.45, 2.75) is 32.7 Å². The number of nitrogens with one attached hydrogen (secondary N) is 1. The second-order valence-electron chi connectivity index (χ2n) is 5.02. The van der Waals surface area contributed by atoms with Crippen molar-refractivity contribution in [1.82, 2.24) is 5.32 Å². The van der Waals surface area contributed by atoms with Crippen molar-refractivity contribution in [3.05, 3.63) is 34.9 Å². The van der Waals surface area contributed by atoms with Gasteiger partial charge < -0.3 is 10.1 Å². The first-order chi connectivity index (χ1) is 8.66. The summed E-state index contributed by atoms with van der Waals surface area (Å²) in [5.41, 5.74) is 3.59. The molecule has 1 saturated heterocycles. The van der Waals surface area contributed by atoms with Crippen LogP contribution in [0.1, 0.15) is 23.1 Å². The first-order valence-electron chi connectivity index (χ1n) is 6.54. The fourth-order valence-corrected chi connectivity index (χ4v) is 2.42. The second kappa shape index (κ2) is 6.12. The monoisotopic (exact) mass is 247 g/mol. The van der Waals surface area contributed by atoms with Gasteiger partial charge in [-0.3, -0.25) is 4.79 Å². The third-order valence-corrected chi connectivity index (χ3v) is 3.49. The number of ketones is 1. The standard InChI is InChI=1S/C15H21NO2/c1-11-4-3-5-12(2)15(11)9-14(17)8-13-10-18-7-6-16-13/h3-5,13,16H,6-10H2,1-2H3. The van der Waals surface area contributed by atoms with Crippen LogP contribution in [-0.2, 0) is 16.0 Å². The van der Waals surface area contributed by atoms with Crippen molar-refractivity contribution in [2.24, 2.45) is 0 Å². The average Bonchev–Trinajstić information content (AvgIpc) is 2.35. The maximum atomic E-state index is 12.1. The van der Waals surface area contributed by atoms with Crippen LogP contribution in [0.25, 0.3) is 0 Å². The third-order valence-electron chi connectivity index (χ3n) is 3.49. The number of aryl methyl sites for hydroxylation is 2. The van der Waals surface area contributed by atoms with Gasteiger partial charge in [0.15, 0.2) is 0 Å². The van der Waals surface area contributed by atoms with E-state index >= 15 is 0 Å². The maximum absolute atomic E-state index is 12.1. The molecular weight excluding hydrogens is 226 g/mol. The van der Waals surface area contributed by atoms with Gasteiger partial charge in [-0.1, -0.05) is 18.2 Å². The Bertz CT molecular complexity index is 402. The van der Waals surface area contributed by atoms with Crippen molar-refractivity contribution < 1.29 is 9.53 Å². The Balaban J connectivity index is 1.94. The number of Topliss-reactive ketones (excluding diaryl/α,β-unsaturated/α-hetero) is 1. The smallest absolute Gasteiger partial charge is 0.138 e. The quantitative estimate of drug-likeness (QED) is 0.881. The minimum absolute atomic E-state index is 0.190. The van der Waals surface area contributed by atoms with Gasteiger partial charge in [0.25, 0.3) is 0 Å². The molecule has 1 aromatic carbocycles. The zero-order chi connectivity index (χ0) is 13.0. The summed E-state index contributed by atoms with van der Waals surface area (Å²) in [7, 11) is 0. The lowest BCUT2D eigenvalue weighted by atomic mass is 9.96. The minimum atomic E-state index is 0.190. The summed E-state index contributed by atoms with van der Waals surface area (Å²) in [6.07, 6.45) is 1.10. The summed E-state index contributed by atoms with van der Waals surface area (Å²) >= 11 is 0. The Morgan fingerprint density at radius 2 is 2.11 bits per heavy atom. The molecule has 1 heterocycles. The molecule has 0 bridgehead atoms. The van der Waals surface area contributed by atoms with Gasteiger partial charge in [-0.15, -0.1) is 0 Å². The molecule has 0 aliphatic carbocycles. The summed E-state index contributed by atoms with van der Waals surface area (Å²) in [6.45, 7) is 6.39. The molecule has 18 heavy (non-hydrogen) atoms. The molecular formula is C15H21NO2. The number of carbonyl (C=O) groups is 1. The van der Waals surface area contributed by atoms with Crippen LogP contribution in [0.15, 0.2) is 18.2 Å². The van der Waals surface area contributed by atoms with Crippen LogP contribution >= 0.6 is 0 Å². The highest BCUT2D eigenvalue weighted by atomic mass is 16.5. The average molecular weight is 247 g/mol. The number of carbonyl (C=O) groups excluding carboxylic acids is 1. The molecule has 0 spiro atoms. The fraction of sp³-hybridized carbons (Fsp3) is 0.533. The molecule has 1 aliphatic rings. The topological polar surface area (TPSA) is 38.3 Å². The van der Waals surface area contributed by atoms with Gasteiger partial charge in [-0.2, -0.15) is 0 Å². The molecule has 1 fully saturated rings. The Morgan fingerprint density at radius 3 is 2.72 bits per heavy atom. The molecule has 1 N–H and O–H groups in total. The number of ether oxygens (including phenoxy) is 1. The third kappa shape index (κ3) is 3.40. The van der Waals surface area contributed by atoms with Gasteiger partial charge in [-0.05, 0) is 30.5 Å². The van der Waals surface area contributed by atoms with Crippen molar-refractivity contribution >= 4 is 5.78 Å². The van der Waals surface area contributed by atoms with Crippen LogP contribution in [0.4, 0.5) is 0 Å². The van der Waals surface area contributed by atoms with Crippen molar-refractivity contribution in [1.29, 1.82) is 0 Å². The zero-order valence-electron chi connectivity index (χ0n) is 11.2. The highest BCUT2D eigenvalue weighted by molar-refractivity contribution is 5.82. The van der Waals surface area contributed by atoms with Crippen LogP contribution in [0.5, 0.6) is 0 Å². The number of rotatable bonds is 4. The lowest BCUT2D eigenvalue weighted by Crippen LogP contribution is -2.42. The Morgan fingerprint density at radius 1 is 1.39 bits per heavy atom. The summed E-state index contributed by atoms with van der Waals surface area (Å²) in [5.74, 6) is 0.287. The zero-order valence-corrected chi connectivity index (χ0v) is 11.2. The summed E-state index contributed by atoms with van der Waals surface area (Å²) in [5, 5.41) is 3.32. The molecule has 3 nitrogen and oxygen atoms in total. The van der Waals surface area contributed by atoms with E-state index in [2.05, 4.69) is 31.3 Å². The fourth-order valence-electron chi connectivity index (χ4n) is 2.42. The molecule has 0 radical (unpaired) electrons. The van der Waals surface area contributed by atoms with E-state index in [1.54, 1.807) is 0 Å². The molecule has 2 rings (SSSR count). The molecule has 1 unspecified atom stereocenters. The molecule has 0 amide bonds. The van der Waals surface area contributed by atoms with Crippen LogP contribution in [0.3, 0.4) is 0 Å². The van der Waals surface area contributed by atoms with Crippen molar-refractivity contribution in [3.63, 3.8) is 0 Å². The summed E-state index contributed by atoms with van der Waals surface area (Å²) < 4.78 is 5.37. The lowest BCUT2D eigenvalue weighted by molar-refractivity contribution is -0.119. The Labute approximate surface area is 109 Å². The molecule has 98 valence electrons. The van der Waals surface area contributed by atoms with Gasteiger partial charge in [-0.25, -0.2) is 0 Å². The maximum Gasteiger partial charge on any atom is 0.138 e. The second-order valence-corrected chi connectivity index (χ2v) is 5.02. The molecule has 0 saturated carbocycles. The van der Waals surface area contributed by atoms with Crippen LogP contribution in [0, 0.1) is 13.8 Å². The van der Waals surface area contributed by atoms with E-state index in [0.717, 1.165) is 13.2 Å². The van der Waals surface area contributed by atoms with Crippen LogP contribution in [0.2, 0.25) is 0 Å². The highest BCUT2D eigenvalue weighted by Gasteiger charge is 2.17. The highest BCUT2D eigenvalue weighted by Crippen LogP contribution is 2.15. The number of benzene rings is 1. The molecule has 1 aliphatic heterocycles. The van der Waals surface area contributed by atoms with Crippen molar-refractivity contribution in [3.8, 4) is 0 Å². The van der Waals surface area contributed by atoms with Gasteiger partial charge in [0, 0.05) is 25.4 Å². The normalized spacial score (nSPS) is 19.8. The first kappa shape index (κ1) is 13.2. The van der Waals surface area contributed by atoms with E-state index in [-0.39, 0.29) is 11.8 Å². The summed E-state index contributed by atoms with van der Waals surface area (Å²) in [4.78, 5) is 12.1. The van der Waals surface area contributed by atoms with E-state index in [9.17, 15) is 4.79 Å². The molecule has 1 atom stereocenters. The Kier molecular flexibility index (Phi) is 4.50. The minimum Gasteiger partial charge on any atom is -0.379 e. The van der Waals surface area contributed by atoms with Gasteiger partial charge >= 0.3 is 0 Å². The van der Waals surface area contributed by atoms with Gasteiger partial charge in [0.1, 0.15) is 5.78 Å². The largest absolute Gasteiger partial charge is 0.379 e. The van der Waals surface area contributed by atoms with E-state index in [1.165, 1.54) is 16.7 Å². The van der Waals surface area contributed by atoms with Crippen LogP contribution in [-0.4, -0.2) is 31.6 Å². The molecule has 1 aromatic rings.